The first-order valence-electron chi connectivity index (χ1n) is 9.95. The predicted molar refractivity (Wildman–Crippen MR) is 125 cm³/mol. The smallest absolute Gasteiger partial charge is 0.223 e. The molecule has 0 rings (SSSR count). The molecule has 0 aliphatic rings. The molecule has 0 aromatic rings. The van der Waals surface area contributed by atoms with Crippen LogP contribution in [0.5, 0.6) is 0 Å². The maximum absolute atomic E-state index is 11.6. The molecular formula is C20H42N2O4S2. The Morgan fingerprint density at radius 2 is 1.71 bits per heavy atom. The highest BCUT2D eigenvalue weighted by Crippen LogP contribution is 2.26. The normalized spacial score (nSPS) is 12.1. The van der Waals surface area contributed by atoms with Crippen molar-refractivity contribution in [3.8, 4) is 11.8 Å². The van der Waals surface area contributed by atoms with Gasteiger partial charge in [0, 0.05) is 33.5 Å². The van der Waals surface area contributed by atoms with Crippen LogP contribution in [0.4, 0.5) is 0 Å². The SMILES string of the molecule is CC(C)C#CCNC(=O)CCOCCOCCOC(C)SSCCNC(C)C.[HH].[HH]. The first-order valence-corrected chi connectivity index (χ1v) is 12.3. The van der Waals surface area contributed by atoms with Crippen LogP contribution >= 0.6 is 21.6 Å². The first-order chi connectivity index (χ1) is 13.4. The Bertz CT molecular complexity index is 450. The second kappa shape index (κ2) is 19.9. The highest BCUT2D eigenvalue weighted by Gasteiger charge is 2.03. The van der Waals surface area contributed by atoms with Crippen LogP contribution in [0.2, 0.25) is 0 Å². The lowest BCUT2D eigenvalue weighted by molar-refractivity contribution is -0.122. The number of ether oxygens (including phenoxy) is 3. The number of amides is 1. The van der Waals surface area contributed by atoms with Gasteiger partial charge in [0.25, 0.3) is 0 Å². The molecule has 0 heterocycles. The zero-order valence-corrected chi connectivity index (χ0v) is 19.7. The minimum Gasteiger partial charge on any atom is -0.379 e. The van der Waals surface area contributed by atoms with Gasteiger partial charge in [-0.05, 0) is 6.92 Å². The fourth-order valence-electron chi connectivity index (χ4n) is 1.81. The Hall–Kier alpha value is -0.430. The van der Waals surface area contributed by atoms with Gasteiger partial charge >= 0.3 is 0 Å². The molecule has 28 heavy (non-hydrogen) atoms. The Morgan fingerprint density at radius 3 is 2.39 bits per heavy atom. The van der Waals surface area contributed by atoms with Crippen molar-refractivity contribution in [3.05, 3.63) is 0 Å². The lowest BCUT2D eigenvalue weighted by Gasteiger charge is -2.13. The van der Waals surface area contributed by atoms with E-state index in [1.807, 2.05) is 24.6 Å². The molecule has 0 aliphatic carbocycles. The molecule has 8 heteroatoms. The van der Waals surface area contributed by atoms with Crippen LogP contribution in [0.1, 0.15) is 43.9 Å². The summed E-state index contributed by atoms with van der Waals surface area (Å²) in [6.07, 6.45) is 0.339. The molecule has 1 atom stereocenters. The van der Waals surface area contributed by atoms with Gasteiger partial charge in [-0.2, -0.15) is 0 Å². The third-order valence-electron chi connectivity index (χ3n) is 3.13. The van der Waals surface area contributed by atoms with Gasteiger partial charge in [-0.1, -0.05) is 61.1 Å². The second-order valence-corrected chi connectivity index (χ2v) is 9.48. The van der Waals surface area contributed by atoms with Crippen molar-refractivity contribution in [2.45, 2.75) is 52.5 Å². The summed E-state index contributed by atoms with van der Waals surface area (Å²) < 4.78 is 16.5. The quantitative estimate of drug-likeness (QED) is 0.156. The molecule has 2 N–H and O–H groups in total. The van der Waals surface area contributed by atoms with E-state index in [1.165, 1.54) is 0 Å². The van der Waals surface area contributed by atoms with Crippen LogP contribution in [-0.2, 0) is 19.0 Å². The number of rotatable bonds is 17. The summed E-state index contributed by atoms with van der Waals surface area (Å²) in [5.41, 5.74) is 0.146. The highest BCUT2D eigenvalue weighted by molar-refractivity contribution is 8.76. The highest BCUT2D eigenvalue weighted by atomic mass is 33.1. The number of carbonyl (C=O) groups is 1. The summed E-state index contributed by atoms with van der Waals surface area (Å²) in [5.74, 6) is 7.25. The summed E-state index contributed by atoms with van der Waals surface area (Å²) in [4.78, 5) is 11.6. The van der Waals surface area contributed by atoms with E-state index in [-0.39, 0.29) is 14.2 Å². The minimum atomic E-state index is -0.0447. The maximum atomic E-state index is 11.6. The Balaban J connectivity index is -0.00000364. The van der Waals surface area contributed by atoms with E-state index in [2.05, 4.69) is 43.2 Å². The first kappa shape index (κ1) is 27.6. The number of carbonyl (C=O) groups excluding carboxylic acids is 1. The average Bonchev–Trinajstić information content (AvgIpc) is 2.63. The van der Waals surface area contributed by atoms with E-state index in [9.17, 15) is 4.79 Å². The lowest BCUT2D eigenvalue weighted by atomic mass is 10.2. The van der Waals surface area contributed by atoms with Gasteiger partial charge in [-0.15, -0.1) is 0 Å². The number of hydrogen-bond donors (Lipinski definition) is 2. The van der Waals surface area contributed by atoms with Crippen LogP contribution in [0, 0.1) is 17.8 Å². The third-order valence-corrected chi connectivity index (χ3v) is 5.77. The summed E-state index contributed by atoms with van der Waals surface area (Å²) in [5, 5.41) is 6.13. The van der Waals surface area contributed by atoms with Gasteiger partial charge in [-0.3, -0.25) is 4.79 Å². The number of hydrogen-bond acceptors (Lipinski definition) is 7. The van der Waals surface area contributed by atoms with E-state index in [4.69, 9.17) is 14.2 Å². The molecular weight excluding hydrogens is 396 g/mol. The van der Waals surface area contributed by atoms with Gasteiger partial charge in [-0.25, -0.2) is 0 Å². The molecule has 168 valence electrons. The van der Waals surface area contributed by atoms with Crippen LogP contribution < -0.4 is 10.6 Å². The summed E-state index contributed by atoms with van der Waals surface area (Å²) in [7, 11) is 3.56. The van der Waals surface area contributed by atoms with Crippen molar-refractivity contribution < 1.29 is 21.9 Å². The zero-order chi connectivity index (χ0) is 21.0. The molecule has 0 aromatic heterocycles. The molecule has 0 spiro atoms. The molecule has 0 fully saturated rings. The average molecular weight is 439 g/mol. The lowest BCUT2D eigenvalue weighted by Crippen LogP contribution is -2.25. The van der Waals surface area contributed by atoms with Gasteiger partial charge < -0.3 is 24.8 Å². The number of nitrogens with one attached hydrogen (secondary N) is 2. The van der Waals surface area contributed by atoms with Crippen molar-refractivity contribution in [2.24, 2.45) is 5.92 Å². The molecule has 0 radical (unpaired) electrons. The van der Waals surface area contributed by atoms with Gasteiger partial charge in [0.15, 0.2) is 0 Å². The molecule has 1 amide bonds. The van der Waals surface area contributed by atoms with Crippen molar-refractivity contribution in [3.63, 3.8) is 0 Å². The van der Waals surface area contributed by atoms with E-state index in [1.54, 1.807) is 10.8 Å². The van der Waals surface area contributed by atoms with E-state index < -0.39 is 0 Å². The summed E-state index contributed by atoms with van der Waals surface area (Å²) >= 11 is 0. The topological polar surface area (TPSA) is 68.8 Å². The van der Waals surface area contributed by atoms with Gasteiger partial charge in [0.1, 0.15) is 5.44 Å². The Labute approximate surface area is 182 Å². The van der Waals surface area contributed by atoms with Crippen molar-refractivity contribution in [2.75, 3.05) is 51.9 Å². The fraction of sp³-hybridized carbons (Fsp3) is 0.850. The molecule has 0 aliphatic heterocycles. The van der Waals surface area contributed by atoms with Crippen molar-refractivity contribution in [1.29, 1.82) is 0 Å². The van der Waals surface area contributed by atoms with Crippen LogP contribution in [0.3, 0.4) is 0 Å². The molecule has 0 saturated carbocycles. The van der Waals surface area contributed by atoms with Crippen molar-refractivity contribution >= 4 is 27.5 Å². The fourth-order valence-corrected chi connectivity index (χ4v) is 3.73. The van der Waals surface area contributed by atoms with E-state index in [0.717, 1.165) is 12.3 Å². The molecule has 6 nitrogen and oxygen atoms in total. The zero-order valence-electron chi connectivity index (χ0n) is 18.0. The third kappa shape index (κ3) is 21.9. The summed E-state index contributed by atoms with van der Waals surface area (Å²) in [6.45, 7) is 14.3. The summed E-state index contributed by atoms with van der Waals surface area (Å²) in [6, 6.07) is 0.534. The molecule has 0 bridgehead atoms. The van der Waals surface area contributed by atoms with E-state index in [0.29, 0.717) is 58.0 Å². The minimum absolute atomic E-state index is 0. The molecule has 0 saturated heterocycles. The van der Waals surface area contributed by atoms with Crippen molar-refractivity contribution in [1.82, 2.24) is 10.6 Å². The van der Waals surface area contributed by atoms with Crippen LogP contribution in [-0.4, -0.2) is 69.3 Å². The van der Waals surface area contributed by atoms with Gasteiger partial charge in [0.2, 0.25) is 5.91 Å². The Morgan fingerprint density at radius 1 is 1.04 bits per heavy atom. The van der Waals surface area contributed by atoms with E-state index >= 15 is 0 Å². The largest absolute Gasteiger partial charge is 0.379 e. The predicted octanol–water partition coefficient (Wildman–Crippen LogP) is 3.42. The van der Waals surface area contributed by atoms with Gasteiger partial charge in [0.05, 0.1) is 39.6 Å². The van der Waals surface area contributed by atoms with Crippen LogP contribution in [0.15, 0.2) is 0 Å². The monoisotopic (exact) mass is 438 g/mol. The molecule has 1 unspecified atom stereocenters. The maximum Gasteiger partial charge on any atom is 0.223 e. The Kier molecular flexibility index (Phi) is 19.6. The standard InChI is InChI=1S/C20H38N2O4S2.2H2/c1-17(2)7-6-9-22-20(23)8-11-24-12-13-25-14-15-26-19(5)28-27-16-10-21-18(3)4;;/h17-19,21H,8-16H2,1-5H3,(H,22,23);2*1H. The second-order valence-electron chi connectivity index (χ2n) is 6.69. The molecule has 0 aromatic carbocycles. The van der Waals surface area contributed by atoms with Crippen LogP contribution in [0.25, 0.3) is 0 Å².